The smallest absolute Gasteiger partial charge is 0.343 e. The Morgan fingerprint density at radius 3 is 2.24 bits per heavy atom. The fraction of sp³-hybridized carbons (Fsp3) is 0.429. The van der Waals surface area contributed by atoms with Gasteiger partial charge in [-0.25, -0.2) is 4.79 Å². The molecule has 0 bridgehead atoms. The zero-order valence-corrected chi connectivity index (χ0v) is 19.5. The number of hydrogen-bond donors (Lipinski definition) is 0. The molecular formula is C28H34O5. The Morgan fingerprint density at radius 2 is 1.61 bits per heavy atom. The topological polar surface area (TPSA) is 61.8 Å². The van der Waals surface area contributed by atoms with Crippen molar-refractivity contribution >= 4 is 11.8 Å². The number of carbonyl (C=O) groups excluding carboxylic acids is 2. The number of esters is 1. The molecule has 0 aromatic heterocycles. The fourth-order valence-corrected chi connectivity index (χ4v) is 4.30. The highest BCUT2D eigenvalue weighted by atomic mass is 16.5. The molecule has 0 radical (unpaired) electrons. The summed E-state index contributed by atoms with van der Waals surface area (Å²) in [5.74, 6) is 2.11. The number of ketones is 1. The number of ether oxygens (including phenoxy) is 3. The Labute approximate surface area is 196 Å². The van der Waals surface area contributed by atoms with Crippen molar-refractivity contribution in [2.45, 2.75) is 51.4 Å². The zero-order chi connectivity index (χ0) is 23.5. The van der Waals surface area contributed by atoms with Gasteiger partial charge in [-0.05, 0) is 85.6 Å². The zero-order valence-electron chi connectivity index (χ0n) is 19.5. The van der Waals surface area contributed by atoms with Crippen molar-refractivity contribution in [2.24, 2.45) is 5.92 Å². The highest BCUT2D eigenvalue weighted by molar-refractivity contribution is 5.91. The average Bonchev–Trinajstić information content (AvgIpc) is 2.85. The van der Waals surface area contributed by atoms with Gasteiger partial charge in [-0.1, -0.05) is 38.5 Å². The van der Waals surface area contributed by atoms with Crippen LogP contribution >= 0.6 is 0 Å². The van der Waals surface area contributed by atoms with E-state index in [0.29, 0.717) is 36.2 Å². The predicted octanol–water partition coefficient (Wildman–Crippen LogP) is 6.13. The molecule has 1 aliphatic rings. The van der Waals surface area contributed by atoms with Crippen LogP contribution in [0.5, 0.6) is 11.5 Å². The summed E-state index contributed by atoms with van der Waals surface area (Å²) in [6.45, 7) is 6.25. The normalized spacial score (nSPS) is 17.8. The van der Waals surface area contributed by atoms with Gasteiger partial charge >= 0.3 is 5.97 Å². The third-order valence-electron chi connectivity index (χ3n) is 6.16. The minimum atomic E-state index is -0.402. The van der Waals surface area contributed by atoms with Crippen molar-refractivity contribution < 1.29 is 23.8 Å². The molecule has 33 heavy (non-hydrogen) atoms. The van der Waals surface area contributed by atoms with Crippen LogP contribution in [0, 0.1) is 5.92 Å². The number of hydrogen-bond acceptors (Lipinski definition) is 5. The van der Waals surface area contributed by atoms with Gasteiger partial charge in [0.25, 0.3) is 0 Å². The average molecular weight is 451 g/mol. The molecule has 3 rings (SSSR count). The third-order valence-corrected chi connectivity index (χ3v) is 6.16. The van der Waals surface area contributed by atoms with E-state index in [1.807, 2.05) is 12.1 Å². The molecule has 0 unspecified atom stereocenters. The third kappa shape index (κ3) is 7.86. The Hall–Kier alpha value is -2.92. The summed E-state index contributed by atoms with van der Waals surface area (Å²) in [6.07, 6.45) is 8.98. The van der Waals surface area contributed by atoms with Crippen LogP contribution in [0.2, 0.25) is 0 Å². The maximum atomic E-state index is 12.5. The van der Waals surface area contributed by atoms with E-state index in [4.69, 9.17) is 14.2 Å². The second kappa shape index (κ2) is 12.9. The van der Waals surface area contributed by atoms with Gasteiger partial charge in [0.05, 0.1) is 12.2 Å². The van der Waals surface area contributed by atoms with Crippen LogP contribution in [0.3, 0.4) is 0 Å². The van der Waals surface area contributed by atoms with E-state index in [9.17, 15) is 9.59 Å². The molecule has 1 fully saturated rings. The second-order valence-corrected chi connectivity index (χ2v) is 8.56. The first-order valence-corrected chi connectivity index (χ1v) is 11.9. The molecule has 0 amide bonds. The first kappa shape index (κ1) is 24.7. The van der Waals surface area contributed by atoms with E-state index in [2.05, 4.69) is 25.6 Å². The summed E-state index contributed by atoms with van der Waals surface area (Å²) in [6, 6.07) is 14.7. The molecule has 5 nitrogen and oxygen atoms in total. The van der Waals surface area contributed by atoms with Crippen LogP contribution in [0.1, 0.15) is 67.3 Å². The highest BCUT2D eigenvalue weighted by Gasteiger charge is 2.21. The summed E-state index contributed by atoms with van der Waals surface area (Å²) in [5, 5.41) is 0. The van der Waals surface area contributed by atoms with E-state index >= 15 is 0 Å². The Balaban J connectivity index is 1.43. The monoisotopic (exact) mass is 450 g/mol. The van der Waals surface area contributed by atoms with Crippen molar-refractivity contribution in [3.63, 3.8) is 0 Å². The molecule has 0 heterocycles. The van der Waals surface area contributed by atoms with Gasteiger partial charge in [0.1, 0.15) is 24.7 Å². The van der Waals surface area contributed by atoms with Gasteiger partial charge in [0.15, 0.2) is 5.78 Å². The van der Waals surface area contributed by atoms with Crippen LogP contribution in [0.15, 0.2) is 61.2 Å². The largest absolute Gasteiger partial charge is 0.491 e. The minimum absolute atomic E-state index is 0.00129. The molecule has 0 aliphatic heterocycles. The minimum Gasteiger partial charge on any atom is -0.491 e. The van der Waals surface area contributed by atoms with Gasteiger partial charge < -0.3 is 14.2 Å². The van der Waals surface area contributed by atoms with Gasteiger partial charge in [-0.15, -0.1) is 0 Å². The molecule has 2 aromatic carbocycles. The lowest BCUT2D eigenvalue weighted by Gasteiger charge is -2.28. The van der Waals surface area contributed by atoms with E-state index in [1.165, 1.54) is 50.2 Å². The SMILES string of the molecule is C=CC(=O)COCCOc1ccc(C(=O)Oc2ccc(C3CCC(CCC)CC3)cc2)cc1. The van der Waals surface area contributed by atoms with E-state index < -0.39 is 5.97 Å². The lowest BCUT2D eigenvalue weighted by Crippen LogP contribution is -2.13. The van der Waals surface area contributed by atoms with Crippen LogP contribution in [0.25, 0.3) is 0 Å². The lowest BCUT2D eigenvalue weighted by atomic mass is 9.77. The summed E-state index contributed by atoms with van der Waals surface area (Å²) in [7, 11) is 0. The molecule has 0 saturated heterocycles. The van der Waals surface area contributed by atoms with Crippen LogP contribution < -0.4 is 9.47 Å². The summed E-state index contributed by atoms with van der Waals surface area (Å²) in [5.41, 5.74) is 1.79. The maximum Gasteiger partial charge on any atom is 0.343 e. The molecular weight excluding hydrogens is 416 g/mol. The summed E-state index contributed by atoms with van der Waals surface area (Å²) in [4.78, 5) is 23.5. The van der Waals surface area contributed by atoms with Crippen molar-refractivity contribution in [3.05, 3.63) is 72.3 Å². The molecule has 5 heteroatoms. The van der Waals surface area contributed by atoms with Crippen LogP contribution in [-0.4, -0.2) is 31.6 Å². The van der Waals surface area contributed by atoms with Gasteiger partial charge in [0, 0.05) is 0 Å². The number of rotatable bonds is 12. The molecule has 0 N–H and O–H groups in total. The van der Waals surface area contributed by atoms with Crippen molar-refractivity contribution in [1.82, 2.24) is 0 Å². The molecule has 176 valence electrons. The predicted molar refractivity (Wildman–Crippen MR) is 129 cm³/mol. The Morgan fingerprint density at radius 1 is 0.939 bits per heavy atom. The van der Waals surface area contributed by atoms with Crippen LogP contribution in [-0.2, 0) is 9.53 Å². The molecule has 1 aliphatic carbocycles. The van der Waals surface area contributed by atoms with Crippen molar-refractivity contribution in [2.75, 3.05) is 19.8 Å². The van der Waals surface area contributed by atoms with E-state index in [-0.39, 0.29) is 12.4 Å². The maximum absolute atomic E-state index is 12.5. The van der Waals surface area contributed by atoms with E-state index in [1.54, 1.807) is 24.3 Å². The van der Waals surface area contributed by atoms with Crippen LogP contribution in [0.4, 0.5) is 0 Å². The Kier molecular flexibility index (Phi) is 9.70. The first-order chi connectivity index (χ1) is 16.1. The van der Waals surface area contributed by atoms with Crippen molar-refractivity contribution in [1.29, 1.82) is 0 Å². The standard InChI is InChI=1S/C28H34O5/c1-3-5-21-6-8-22(9-7-21)23-10-16-27(17-11-23)33-28(30)24-12-14-26(15-13-24)32-19-18-31-20-25(29)4-2/h4,10-17,21-22H,2-3,5-9,18-20H2,1H3. The van der Waals surface area contributed by atoms with E-state index in [0.717, 1.165) is 5.92 Å². The lowest BCUT2D eigenvalue weighted by molar-refractivity contribution is -0.119. The quantitative estimate of drug-likeness (QED) is 0.168. The number of benzene rings is 2. The first-order valence-electron chi connectivity index (χ1n) is 11.9. The molecule has 0 spiro atoms. The van der Waals surface area contributed by atoms with Gasteiger partial charge in [0.2, 0.25) is 0 Å². The summed E-state index contributed by atoms with van der Waals surface area (Å²) < 4.78 is 16.3. The number of carbonyl (C=O) groups is 2. The van der Waals surface area contributed by atoms with Gasteiger partial charge in [-0.2, -0.15) is 0 Å². The molecule has 0 atom stereocenters. The molecule has 1 saturated carbocycles. The second-order valence-electron chi connectivity index (χ2n) is 8.56. The van der Waals surface area contributed by atoms with Crippen molar-refractivity contribution in [3.8, 4) is 11.5 Å². The summed E-state index contributed by atoms with van der Waals surface area (Å²) >= 11 is 0. The molecule has 2 aromatic rings. The highest BCUT2D eigenvalue weighted by Crippen LogP contribution is 2.37. The Bertz CT molecular complexity index is 893. The fourth-order valence-electron chi connectivity index (χ4n) is 4.30. The van der Waals surface area contributed by atoms with Gasteiger partial charge in [-0.3, -0.25) is 4.79 Å².